The molecule has 2 heterocycles. The van der Waals surface area contributed by atoms with Crippen LogP contribution in [-0.2, 0) is 15.8 Å². The van der Waals surface area contributed by atoms with E-state index < -0.39 is 8.03 Å². The van der Waals surface area contributed by atoms with Crippen LogP contribution >= 0.6 is 8.03 Å². The predicted octanol–water partition coefficient (Wildman–Crippen LogP) is 3.52. The van der Waals surface area contributed by atoms with Crippen molar-refractivity contribution in [2.45, 2.75) is 26.0 Å². The van der Waals surface area contributed by atoms with Gasteiger partial charge in [0, 0.05) is 18.2 Å². The average molecular weight is 525 g/mol. The number of amides is 1. The molecule has 1 amide bonds. The second kappa shape index (κ2) is 12.8. The minimum atomic E-state index is -2.49. The summed E-state index contributed by atoms with van der Waals surface area (Å²) in [4.78, 5) is 24.4. The first-order valence-electron chi connectivity index (χ1n) is 11.8. The van der Waals surface area contributed by atoms with E-state index in [0.717, 1.165) is 0 Å². The van der Waals surface area contributed by atoms with E-state index in [1.807, 2.05) is 29.7 Å². The number of nitrogens with zero attached hydrogens (tertiary/aromatic N) is 4. The van der Waals surface area contributed by atoms with E-state index in [2.05, 4.69) is 20.3 Å². The lowest BCUT2D eigenvalue weighted by molar-refractivity contribution is 0.0852. The van der Waals surface area contributed by atoms with Crippen molar-refractivity contribution >= 4 is 30.9 Å². The third-order valence-electron chi connectivity index (χ3n) is 5.32. The number of carbonyl (C=O) groups is 1. The Morgan fingerprint density at radius 1 is 1.11 bits per heavy atom. The van der Waals surface area contributed by atoms with Crippen molar-refractivity contribution in [3.05, 3.63) is 72.8 Å². The summed E-state index contributed by atoms with van der Waals surface area (Å²) >= 11 is 0. The fourth-order valence-electron chi connectivity index (χ4n) is 3.52. The number of anilines is 1. The number of imidazole rings is 1. The first kappa shape index (κ1) is 26.1. The molecule has 0 saturated carbocycles. The Hall–Kier alpha value is -3.95. The summed E-state index contributed by atoms with van der Waals surface area (Å²) in [6, 6.07) is 16.0. The molecule has 0 saturated heterocycles. The maximum atomic E-state index is 12.5. The van der Waals surface area contributed by atoms with Crippen molar-refractivity contribution in [1.82, 2.24) is 24.8 Å². The topological polar surface area (TPSA) is 143 Å². The van der Waals surface area contributed by atoms with E-state index in [1.165, 1.54) is 6.33 Å². The Balaban J connectivity index is 1.16. The number of carbonyl (C=O) groups excluding carboxylic acids is 1. The van der Waals surface area contributed by atoms with E-state index >= 15 is 0 Å². The normalized spacial score (nSPS) is 12.7. The number of hydrogen-bond donors (Lipinski definition) is 2. The maximum Gasteiger partial charge on any atom is 0.261 e. The van der Waals surface area contributed by atoms with Crippen molar-refractivity contribution in [1.29, 1.82) is 0 Å². The highest BCUT2D eigenvalue weighted by Gasteiger charge is 2.13. The monoisotopic (exact) mass is 524 g/mol. The molecule has 0 spiro atoms. The molecule has 0 aliphatic rings. The van der Waals surface area contributed by atoms with Crippen molar-refractivity contribution in [2.24, 2.45) is 0 Å². The Kier molecular flexibility index (Phi) is 9.07. The second-order valence-corrected chi connectivity index (χ2v) is 9.46. The largest absolute Gasteiger partial charge is 0.493 e. The van der Waals surface area contributed by atoms with Gasteiger partial charge in [0.2, 0.25) is 0 Å². The standard InChI is InChI=1S/C25H29N6O5P/c1-18(14-31-16-30-22-23(26)28-15-29-24(22)31)35-17-37(33)36-21-10-5-9-20(13-21)34-12-6-11-27-25(32)19-7-3-2-4-8-19/h2-5,7-10,13,15-16,18,37H,6,11-12,14,17H2,1H3,(H,27,32)(H2,26,28,29). The molecular formula is C25H29N6O5P. The van der Waals surface area contributed by atoms with Gasteiger partial charge in [-0.15, -0.1) is 0 Å². The van der Waals surface area contributed by atoms with Crippen molar-refractivity contribution in [3.8, 4) is 11.5 Å². The molecule has 0 radical (unpaired) electrons. The third kappa shape index (κ3) is 7.52. The van der Waals surface area contributed by atoms with Gasteiger partial charge in [-0.25, -0.2) is 15.0 Å². The van der Waals surface area contributed by atoms with Crippen LogP contribution < -0.4 is 20.3 Å². The third-order valence-corrected chi connectivity index (χ3v) is 6.18. The molecule has 37 heavy (non-hydrogen) atoms. The molecule has 0 aliphatic carbocycles. The Morgan fingerprint density at radius 3 is 2.76 bits per heavy atom. The molecule has 2 atom stereocenters. The van der Waals surface area contributed by atoms with Gasteiger partial charge in [0.25, 0.3) is 13.9 Å². The first-order chi connectivity index (χ1) is 18.0. The second-order valence-electron chi connectivity index (χ2n) is 8.22. The van der Waals surface area contributed by atoms with Crippen molar-refractivity contribution in [3.63, 3.8) is 0 Å². The number of nitrogen functional groups attached to an aromatic ring is 1. The molecule has 2 aromatic heterocycles. The fraction of sp³-hybridized carbons (Fsp3) is 0.280. The van der Waals surface area contributed by atoms with E-state index in [9.17, 15) is 9.36 Å². The molecule has 0 bridgehead atoms. The average Bonchev–Trinajstić information content (AvgIpc) is 3.32. The summed E-state index contributed by atoms with van der Waals surface area (Å²) in [5, 5.41) is 2.86. The van der Waals surface area contributed by atoms with Gasteiger partial charge in [-0.3, -0.25) is 9.36 Å². The van der Waals surface area contributed by atoms with Crippen molar-refractivity contribution in [2.75, 3.05) is 25.2 Å². The van der Waals surface area contributed by atoms with E-state index in [-0.39, 0.29) is 18.4 Å². The number of rotatable bonds is 13. The first-order valence-corrected chi connectivity index (χ1v) is 13.3. The quantitative estimate of drug-likeness (QED) is 0.198. The molecule has 2 aromatic carbocycles. The van der Waals surface area contributed by atoms with Crippen LogP contribution in [0.5, 0.6) is 11.5 Å². The summed E-state index contributed by atoms with van der Waals surface area (Å²) in [5.74, 6) is 1.22. The van der Waals surface area contributed by atoms with Gasteiger partial charge >= 0.3 is 0 Å². The predicted molar refractivity (Wildman–Crippen MR) is 140 cm³/mol. The zero-order valence-corrected chi connectivity index (χ0v) is 21.4. The minimum Gasteiger partial charge on any atom is -0.493 e. The maximum absolute atomic E-state index is 12.5. The smallest absolute Gasteiger partial charge is 0.261 e. The van der Waals surface area contributed by atoms with E-state index in [1.54, 1.807) is 42.7 Å². The minimum absolute atomic E-state index is 0.0399. The lowest BCUT2D eigenvalue weighted by atomic mass is 10.2. The van der Waals surface area contributed by atoms with Gasteiger partial charge in [0.15, 0.2) is 11.5 Å². The van der Waals surface area contributed by atoms with Crippen LogP contribution in [0.3, 0.4) is 0 Å². The number of nitrogens with one attached hydrogen (secondary N) is 1. The Bertz CT molecular complexity index is 1350. The highest BCUT2D eigenvalue weighted by atomic mass is 31.1. The summed E-state index contributed by atoms with van der Waals surface area (Å²) < 4.78 is 31.3. The number of fused-ring (bicyclic) bond motifs is 1. The number of nitrogens with two attached hydrogens (primary N) is 1. The van der Waals surface area contributed by atoms with Gasteiger partial charge in [-0.05, 0) is 37.6 Å². The molecule has 0 aliphatic heterocycles. The molecule has 4 rings (SSSR count). The van der Waals surface area contributed by atoms with Crippen LogP contribution in [0.25, 0.3) is 11.2 Å². The molecule has 2 unspecified atom stereocenters. The molecular weight excluding hydrogens is 495 g/mol. The van der Waals surface area contributed by atoms with Gasteiger partial charge in [0.05, 0.1) is 25.6 Å². The van der Waals surface area contributed by atoms with E-state index in [4.69, 9.17) is 19.7 Å². The lowest BCUT2D eigenvalue weighted by Crippen LogP contribution is -2.25. The number of benzene rings is 2. The molecule has 3 N–H and O–H groups in total. The van der Waals surface area contributed by atoms with Crippen molar-refractivity contribution < 1.29 is 23.4 Å². The lowest BCUT2D eigenvalue weighted by Gasteiger charge is -2.14. The van der Waals surface area contributed by atoms with E-state index in [0.29, 0.717) is 60.2 Å². The molecule has 12 heteroatoms. The van der Waals surface area contributed by atoms with Crippen LogP contribution in [-0.4, -0.2) is 51.0 Å². The summed E-state index contributed by atoms with van der Waals surface area (Å²) in [7, 11) is -2.49. The molecule has 4 aromatic rings. The zero-order chi connectivity index (χ0) is 26.0. The van der Waals surface area contributed by atoms with Gasteiger partial charge in [-0.1, -0.05) is 24.3 Å². The van der Waals surface area contributed by atoms with Crippen LogP contribution in [0.2, 0.25) is 0 Å². The van der Waals surface area contributed by atoms with Crippen LogP contribution in [0, 0.1) is 0 Å². The Labute approximate surface area is 214 Å². The van der Waals surface area contributed by atoms with Crippen LogP contribution in [0.4, 0.5) is 5.82 Å². The molecule has 11 nitrogen and oxygen atoms in total. The number of aromatic nitrogens is 4. The summed E-state index contributed by atoms with van der Waals surface area (Å²) in [5.41, 5.74) is 7.59. The number of ether oxygens (including phenoxy) is 2. The van der Waals surface area contributed by atoms with Crippen LogP contribution in [0.15, 0.2) is 67.3 Å². The summed E-state index contributed by atoms with van der Waals surface area (Å²) in [6.07, 6.45) is 3.34. The molecule has 194 valence electrons. The van der Waals surface area contributed by atoms with Gasteiger partial charge in [-0.2, -0.15) is 0 Å². The summed E-state index contributed by atoms with van der Waals surface area (Å²) in [6.45, 7) is 3.22. The Morgan fingerprint density at radius 2 is 1.92 bits per heavy atom. The SMILES string of the molecule is CC(Cn1cnc2c(N)ncnc21)OC[PH](=O)Oc1cccc(OCCCNC(=O)c2ccccc2)c1. The zero-order valence-electron chi connectivity index (χ0n) is 20.4. The van der Waals surface area contributed by atoms with Gasteiger partial charge < -0.3 is 29.6 Å². The highest BCUT2D eigenvalue weighted by molar-refractivity contribution is 7.39. The van der Waals surface area contributed by atoms with Crippen LogP contribution in [0.1, 0.15) is 23.7 Å². The molecule has 0 fully saturated rings. The van der Waals surface area contributed by atoms with Gasteiger partial charge in [0.1, 0.15) is 29.7 Å². The fourth-order valence-corrected chi connectivity index (χ4v) is 4.39. The number of hydrogen-bond acceptors (Lipinski definition) is 9. The highest BCUT2D eigenvalue weighted by Crippen LogP contribution is 2.30.